The SMILES string of the molecule is CCCCCC=CC[SiH](CC=CCCCCC)C(CCCCCCCCCCCCCCCCC)c1ccccc1. The molecule has 0 heterocycles. The van der Waals surface area contributed by atoms with Crippen molar-refractivity contribution in [3.05, 3.63) is 60.2 Å². The van der Waals surface area contributed by atoms with Gasteiger partial charge in [-0.25, -0.2) is 0 Å². The quantitative estimate of drug-likeness (QED) is 0.0482. The van der Waals surface area contributed by atoms with Crippen molar-refractivity contribution in [2.45, 2.75) is 193 Å². The Morgan fingerprint density at radius 1 is 0.463 bits per heavy atom. The molecule has 1 rings (SSSR count). The maximum absolute atomic E-state index is 2.58. The highest BCUT2D eigenvalue weighted by Gasteiger charge is 2.22. The van der Waals surface area contributed by atoms with E-state index in [9.17, 15) is 0 Å². The Morgan fingerprint density at radius 3 is 1.29 bits per heavy atom. The normalized spacial score (nSPS) is 13.4. The molecule has 0 aliphatic carbocycles. The average molecular weight is 581 g/mol. The number of rotatable bonds is 30. The second-order valence-corrected chi connectivity index (χ2v) is 16.2. The standard InChI is InChI=1S/C40H72Si/c1-4-7-10-13-16-17-18-19-20-21-22-23-24-25-31-36-40(39-34-29-28-30-35-39)41(37-32-26-14-11-8-5-2)38-33-27-15-12-9-6-3/h26-30,32-35,40-41H,4-25,31,36-38H2,1-3H3. The minimum absolute atomic E-state index is 0.818. The molecule has 1 atom stereocenters. The van der Waals surface area contributed by atoms with E-state index < -0.39 is 8.80 Å². The summed E-state index contributed by atoms with van der Waals surface area (Å²) in [6.07, 6.45) is 44.0. The van der Waals surface area contributed by atoms with Crippen LogP contribution in [0.5, 0.6) is 0 Å². The zero-order chi connectivity index (χ0) is 29.5. The first-order valence-electron chi connectivity index (χ1n) is 18.7. The Hall–Kier alpha value is -1.08. The lowest BCUT2D eigenvalue weighted by Crippen LogP contribution is -2.22. The summed E-state index contributed by atoms with van der Waals surface area (Å²) >= 11 is 0. The van der Waals surface area contributed by atoms with E-state index in [2.05, 4.69) is 75.4 Å². The molecule has 1 unspecified atom stereocenters. The van der Waals surface area contributed by atoms with Gasteiger partial charge in [0.25, 0.3) is 0 Å². The van der Waals surface area contributed by atoms with Crippen molar-refractivity contribution < 1.29 is 0 Å². The van der Waals surface area contributed by atoms with Crippen LogP contribution in [0.1, 0.15) is 186 Å². The molecule has 0 spiro atoms. The van der Waals surface area contributed by atoms with Crippen LogP contribution in [-0.4, -0.2) is 8.80 Å². The molecule has 1 heteroatoms. The van der Waals surface area contributed by atoms with Gasteiger partial charge in [0.05, 0.1) is 8.80 Å². The summed E-state index contributed by atoms with van der Waals surface area (Å²) in [4.78, 5) is 0. The molecule has 0 saturated heterocycles. The van der Waals surface area contributed by atoms with Crippen molar-refractivity contribution in [1.29, 1.82) is 0 Å². The fourth-order valence-corrected chi connectivity index (χ4v) is 9.74. The molecule has 0 N–H and O–H groups in total. The molecular weight excluding hydrogens is 509 g/mol. The van der Waals surface area contributed by atoms with Gasteiger partial charge in [0, 0.05) is 0 Å². The number of unbranched alkanes of at least 4 members (excludes halogenated alkanes) is 20. The van der Waals surface area contributed by atoms with Crippen LogP contribution in [0.4, 0.5) is 0 Å². The summed E-state index contributed by atoms with van der Waals surface area (Å²) in [7, 11) is -0.960. The molecule has 0 bridgehead atoms. The Labute approximate surface area is 260 Å². The van der Waals surface area contributed by atoms with Crippen molar-refractivity contribution >= 4 is 8.80 Å². The molecule has 0 aliphatic rings. The lowest BCUT2D eigenvalue weighted by molar-refractivity contribution is 0.528. The fraction of sp³-hybridized carbons (Fsp3) is 0.750. The third-order valence-corrected chi connectivity index (χ3v) is 12.7. The van der Waals surface area contributed by atoms with Crippen molar-refractivity contribution in [3.8, 4) is 0 Å². The second-order valence-electron chi connectivity index (χ2n) is 12.9. The highest BCUT2D eigenvalue weighted by molar-refractivity contribution is 6.61. The maximum Gasteiger partial charge on any atom is 0.0523 e. The minimum Gasteiger partial charge on any atom is -0.0914 e. The summed E-state index contributed by atoms with van der Waals surface area (Å²) in [5.74, 6) is 0. The first-order valence-corrected chi connectivity index (χ1v) is 21.0. The lowest BCUT2D eigenvalue weighted by atomic mass is 10.0. The van der Waals surface area contributed by atoms with Gasteiger partial charge in [0.15, 0.2) is 0 Å². The van der Waals surface area contributed by atoms with Crippen LogP contribution in [0.3, 0.4) is 0 Å². The van der Waals surface area contributed by atoms with E-state index in [0.29, 0.717) is 0 Å². The molecule has 0 fully saturated rings. The van der Waals surface area contributed by atoms with Crippen LogP contribution in [-0.2, 0) is 0 Å². The summed E-state index contributed by atoms with van der Waals surface area (Å²) in [6, 6.07) is 14.4. The Kier molecular flexibility index (Phi) is 28.1. The monoisotopic (exact) mass is 581 g/mol. The summed E-state index contributed by atoms with van der Waals surface area (Å²) in [5, 5.41) is 0. The zero-order valence-corrected chi connectivity index (χ0v) is 29.4. The third-order valence-electron chi connectivity index (χ3n) is 9.08. The minimum atomic E-state index is -0.960. The Balaban J connectivity index is 2.45. The van der Waals surface area contributed by atoms with Gasteiger partial charge in [-0.05, 0) is 55.3 Å². The largest absolute Gasteiger partial charge is 0.0914 e. The lowest BCUT2D eigenvalue weighted by Gasteiger charge is -2.25. The predicted octanol–water partition coefficient (Wildman–Crippen LogP) is 14.1. The van der Waals surface area contributed by atoms with Crippen molar-refractivity contribution in [3.63, 3.8) is 0 Å². The van der Waals surface area contributed by atoms with Crippen molar-refractivity contribution in [2.75, 3.05) is 0 Å². The number of hydrogen-bond donors (Lipinski definition) is 0. The van der Waals surface area contributed by atoms with Gasteiger partial charge in [-0.1, -0.05) is 197 Å². The number of allylic oxidation sites excluding steroid dienone is 4. The van der Waals surface area contributed by atoms with Crippen LogP contribution in [0.15, 0.2) is 54.6 Å². The molecular formula is C40H72Si. The van der Waals surface area contributed by atoms with Crippen LogP contribution in [0.2, 0.25) is 12.1 Å². The third kappa shape index (κ3) is 23.1. The number of hydrogen-bond acceptors (Lipinski definition) is 0. The molecule has 0 nitrogen and oxygen atoms in total. The molecule has 0 saturated carbocycles. The molecule has 236 valence electrons. The predicted molar refractivity (Wildman–Crippen MR) is 192 cm³/mol. The smallest absolute Gasteiger partial charge is 0.0523 e. The average Bonchev–Trinajstić information content (AvgIpc) is 3.00. The van der Waals surface area contributed by atoms with E-state index in [4.69, 9.17) is 0 Å². The Bertz CT molecular complexity index is 668. The van der Waals surface area contributed by atoms with E-state index in [1.807, 2.05) is 0 Å². The van der Waals surface area contributed by atoms with Crippen molar-refractivity contribution in [2.24, 2.45) is 0 Å². The number of benzene rings is 1. The summed E-state index contributed by atoms with van der Waals surface area (Å²) < 4.78 is 0. The molecule has 0 amide bonds. The molecule has 0 radical (unpaired) electrons. The summed E-state index contributed by atoms with van der Waals surface area (Å²) in [6.45, 7) is 6.92. The van der Waals surface area contributed by atoms with Crippen LogP contribution >= 0.6 is 0 Å². The van der Waals surface area contributed by atoms with E-state index >= 15 is 0 Å². The first-order chi connectivity index (χ1) is 20.3. The zero-order valence-electron chi connectivity index (χ0n) is 28.2. The van der Waals surface area contributed by atoms with Gasteiger partial charge in [-0.15, -0.1) is 0 Å². The first kappa shape index (κ1) is 37.9. The van der Waals surface area contributed by atoms with Crippen LogP contribution in [0.25, 0.3) is 0 Å². The highest BCUT2D eigenvalue weighted by Crippen LogP contribution is 2.30. The van der Waals surface area contributed by atoms with Gasteiger partial charge in [-0.2, -0.15) is 0 Å². The van der Waals surface area contributed by atoms with Gasteiger partial charge in [0.1, 0.15) is 0 Å². The molecule has 0 aliphatic heterocycles. The second kappa shape index (κ2) is 30.4. The fourth-order valence-electron chi connectivity index (χ4n) is 6.34. The molecule has 1 aromatic rings. The topological polar surface area (TPSA) is 0 Å². The van der Waals surface area contributed by atoms with Gasteiger partial charge in [0.2, 0.25) is 0 Å². The van der Waals surface area contributed by atoms with E-state index in [-0.39, 0.29) is 0 Å². The molecule has 0 aromatic heterocycles. The van der Waals surface area contributed by atoms with E-state index in [0.717, 1.165) is 5.54 Å². The molecule has 41 heavy (non-hydrogen) atoms. The summed E-state index contributed by atoms with van der Waals surface area (Å²) in [5.41, 5.74) is 2.45. The van der Waals surface area contributed by atoms with Crippen molar-refractivity contribution in [1.82, 2.24) is 0 Å². The van der Waals surface area contributed by atoms with Gasteiger partial charge >= 0.3 is 0 Å². The van der Waals surface area contributed by atoms with Crippen LogP contribution in [0, 0.1) is 0 Å². The van der Waals surface area contributed by atoms with E-state index in [1.165, 1.54) is 166 Å². The Morgan fingerprint density at radius 2 is 0.854 bits per heavy atom. The molecule has 1 aromatic carbocycles. The van der Waals surface area contributed by atoms with E-state index in [1.54, 1.807) is 5.56 Å². The maximum atomic E-state index is 2.58. The highest BCUT2D eigenvalue weighted by atomic mass is 28.3. The van der Waals surface area contributed by atoms with Gasteiger partial charge < -0.3 is 0 Å². The van der Waals surface area contributed by atoms with Gasteiger partial charge in [-0.3, -0.25) is 0 Å². The van der Waals surface area contributed by atoms with Crippen LogP contribution < -0.4 is 0 Å².